The third-order valence-corrected chi connectivity index (χ3v) is 3.59. The third-order valence-electron chi connectivity index (χ3n) is 3.59. The Hall–Kier alpha value is -3.15. The number of rotatable bonds is 5. The Kier molecular flexibility index (Phi) is 4.29. The predicted molar refractivity (Wildman–Crippen MR) is 88.8 cm³/mol. The summed E-state index contributed by atoms with van der Waals surface area (Å²) >= 11 is 0. The van der Waals surface area contributed by atoms with Gasteiger partial charge in [0.15, 0.2) is 5.75 Å². The quantitative estimate of drug-likeness (QED) is 0.512. The number of hydrogen-bond acceptors (Lipinski definition) is 5. The maximum absolute atomic E-state index is 11.1. The molecule has 3 rings (SSSR count). The van der Waals surface area contributed by atoms with Gasteiger partial charge in [0.1, 0.15) is 18.1 Å². The number of nitrogens with zero attached hydrogens (tertiary/aromatic N) is 2. The number of oxazole rings is 1. The molecule has 0 saturated heterocycles. The number of nitro groups is 1. The summed E-state index contributed by atoms with van der Waals surface area (Å²) in [6.07, 6.45) is 0. The lowest BCUT2D eigenvalue weighted by atomic mass is 10.2. The van der Waals surface area contributed by atoms with E-state index in [2.05, 4.69) is 4.98 Å². The molecule has 1 aromatic heterocycles. The van der Waals surface area contributed by atoms with E-state index in [4.69, 9.17) is 9.15 Å². The zero-order valence-corrected chi connectivity index (χ0v) is 13.4. The van der Waals surface area contributed by atoms with Crippen molar-refractivity contribution in [2.45, 2.75) is 20.5 Å². The lowest BCUT2D eigenvalue weighted by molar-refractivity contribution is -0.386. The molecule has 122 valence electrons. The summed E-state index contributed by atoms with van der Waals surface area (Å²) in [6, 6.07) is 14.4. The number of ether oxygens (including phenoxy) is 1. The van der Waals surface area contributed by atoms with E-state index in [1.807, 2.05) is 30.3 Å². The molecule has 3 aromatic rings. The number of hydrogen-bond donors (Lipinski definition) is 0. The fourth-order valence-electron chi connectivity index (χ4n) is 2.30. The molecule has 0 aliphatic carbocycles. The van der Waals surface area contributed by atoms with Crippen LogP contribution in [0.15, 0.2) is 52.9 Å². The molecular formula is C18H16N2O4. The van der Waals surface area contributed by atoms with Crippen LogP contribution in [0.3, 0.4) is 0 Å². The molecule has 0 amide bonds. The molecule has 0 atom stereocenters. The first-order chi connectivity index (χ1) is 11.5. The van der Waals surface area contributed by atoms with Crippen LogP contribution in [0.2, 0.25) is 0 Å². The average molecular weight is 324 g/mol. The van der Waals surface area contributed by atoms with Gasteiger partial charge in [-0.15, -0.1) is 0 Å². The molecule has 0 spiro atoms. The highest BCUT2D eigenvalue weighted by molar-refractivity contribution is 5.53. The maximum Gasteiger partial charge on any atom is 0.311 e. The Morgan fingerprint density at radius 3 is 2.62 bits per heavy atom. The van der Waals surface area contributed by atoms with E-state index >= 15 is 0 Å². The average Bonchev–Trinajstić information content (AvgIpc) is 2.95. The summed E-state index contributed by atoms with van der Waals surface area (Å²) in [7, 11) is 0. The Morgan fingerprint density at radius 2 is 1.92 bits per heavy atom. The van der Waals surface area contributed by atoms with E-state index in [-0.39, 0.29) is 18.0 Å². The minimum atomic E-state index is -0.451. The van der Waals surface area contributed by atoms with Crippen LogP contribution >= 0.6 is 0 Å². The highest BCUT2D eigenvalue weighted by Gasteiger charge is 2.17. The molecule has 0 aliphatic rings. The van der Waals surface area contributed by atoms with Crippen molar-refractivity contribution in [2.75, 3.05) is 0 Å². The first kappa shape index (κ1) is 15.7. The summed E-state index contributed by atoms with van der Waals surface area (Å²) in [6.45, 7) is 3.69. The fraction of sp³-hybridized carbons (Fsp3) is 0.167. The van der Waals surface area contributed by atoms with Gasteiger partial charge in [0.05, 0.1) is 4.92 Å². The van der Waals surface area contributed by atoms with Crippen molar-refractivity contribution in [3.05, 3.63) is 75.7 Å². The fourth-order valence-corrected chi connectivity index (χ4v) is 2.30. The van der Waals surface area contributed by atoms with Gasteiger partial charge in [0.25, 0.3) is 0 Å². The summed E-state index contributed by atoms with van der Waals surface area (Å²) in [4.78, 5) is 15.1. The number of aryl methyl sites for hydroxylation is 2. The molecule has 0 saturated carbocycles. The minimum Gasteiger partial charge on any atom is -0.480 e. The van der Waals surface area contributed by atoms with E-state index in [9.17, 15) is 10.1 Å². The molecule has 0 fully saturated rings. The Balaban J connectivity index is 1.81. The molecule has 6 heteroatoms. The van der Waals surface area contributed by atoms with Crippen LogP contribution in [0.25, 0.3) is 11.5 Å². The number of aromatic nitrogens is 1. The topological polar surface area (TPSA) is 78.4 Å². The van der Waals surface area contributed by atoms with Crippen molar-refractivity contribution in [1.82, 2.24) is 4.98 Å². The second-order valence-electron chi connectivity index (χ2n) is 5.40. The van der Waals surface area contributed by atoms with E-state index < -0.39 is 4.92 Å². The van der Waals surface area contributed by atoms with Crippen molar-refractivity contribution in [2.24, 2.45) is 0 Å². The summed E-state index contributed by atoms with van der Waals surface area (Å²) in [5.41, 5.74) is 2.23. The second-order valence-corrected chi connectivity index (χ2v) is 5.40. The second kappa shape index (κ2) is 6.54. The molecule has 0 radical (unpaired) electrons. The van der Waals surface area contributed by atoms with Crippen LogP contribution in [-0.2, 0) is 6.61 Å². The van der Waals surface area contributed by atoms with E-state index in [0.717, 1.165) is 11.1 Å². The molecule has 1 heterocycles. The Bertz CT molecular complexity index is 872. The van der Waals surface area contributed by atoms with E-state index in [1.54, 1.807) is 26.0 Å². The summed E-state index contributed by atoms with van der Waals surface area (Å²) < 4.78 is 11.3. The van der Waals surface area contributed by atoms with Crippen LogP contribution in [-0.4, -0.2) is 9.91 Å². The van der Waals surface area contributed by atoms with Crippen molar-refractivity contribution in [3.63, 3.8) is 0 Å². The Labute approximate surface area is 138 Å². The van der Waals surface area contributed by atoms with Gasteiger partial charge in [-0.2, -0.15) is 0 Å². The first-order valence-corrected chi connectivity index (χ1v) is 7.44. The van der Waals surface area contributed by atoms with Gasteiger partial charge in [-0.3, -0.25) is 10.1 Å². The SMILES string of the molecule is Cc1ccc(OCc2nc(-c3ccccc3)oc2C)c([N+](=O)[O-])c1. The molecule has 24 heavy (non-hydrogen) atoms. The van der Waals surface area contributed by atoms with Crippen LogP contribution in [0.5, 0.6) is 5.75 Å². The van der Waals surface area contributed by atoms with Gasteiger partial charge in [0.2, 0.25) is 5.89 Å². The minimum absolute atomic E-state index is 0.0561. The molecule has 0 aliphatic heterocycles. The van der Waals surface area contributed by atoms with Gasteiger partial charge < -0.3 is 9.15 Å². The van der Waals surface area contributed by atoms with Crippen molar-refractivity contribution in [3.8, 4) is 17.2 Å². The molecule has 2 aromatic carbocycles. The first-order valence-electron chi connectivity index (χ1n) is 7.44. The number of nitro benzene ring substituents is 1. The van der Waals surface area contributed by atoms with Gasteiger partial charge in [0, 0.05) is 11.6 Å². The molecule has 0 N–H and O–H groups in total. The summed E-state index contributed by atoms with van der Waals surface area (Å²) in [5.74, 6) is 1.35. The van der Waals surface area contributed by atoms with Crippen molar-refractivity contribution in [1.29, 1.82) is 0 Å². The van der Waals surface area contributed by atoms with E-state index in [1.165, 1.54) is 6.07 Å². The summed E-state index contributed by atoms with van der Waals surface area (Å²) in [5, 5.41) is 11.1. The lowest BCUT2D eigenvalue weighted by Crippen LogP contribution is -2.01. The smallest absolute Gasteiger partial charge is 0.311 e. The molecule has 0 bridgehead atoms. The predicted octanol–water partition coefficient (Wildman–Crippen LogP) is 4.45. The van der Waals surface area contributed by atoms with Gasteiger partial charge >= 0.3 is 5.69 Å². The maximum atomic E-state index is 11.1. The monoisotopic (exact) mass is 324 g/mol. The van der Waals surface area contributed by atoms with Crippen LogP contribution in [0.1, 0.15) is 17.0 Å². The zero-order chi connectivity index (χ0) is 17.1. The molecular weight excluding hydrogens is 308 g/mol. The van der Waals surface area contributed by atoms with Gasteiger partial charge in [-0.05, 0) is 37.6 Å². The third kappa shape index (κ3) is 3.27. The normalized spacial score (nSPS) is 10.6. The zero-order valence-electron chi connectivity index (χ0n) is 13.4. The Morgan fingerprint density at radius 1 is 1.17 bits per heavy atom. The van der Waals surface area contributed by atoms with Gasteiger partial charge in [-0.1, -0.05) is 24.3 Å². The van der Waals surface area contributed by atoms with Gasteiger partial charge in [-0.25, -0.2) is 4.98 Å². The highest BCUT2D eigenvalue weighted by atomic mass is 16.6. The van der Waals surface area contributed by atoms with Crippen molar-refractivity contribution < 1.29 is 14.1 Å². The van der Waals surface area contributed by atoms with Crippen LogP contribution < -0.4 is 4.74 Å². The lowest BCUT2D eigenvalue weighted by Gasteiger charge is -2.06. The molecule has 0 unspecified atom stereocenters. The van der Waals surface area contributed by atoms with Crippen molar-refractivity contribution >= 4 is 5.69 Å². The molecule has 6 nitrogen and oxygen atoms in total. The van der Waals surface area contributed by atoms with Crippen LogP contribution in [0, 0.1) is 24.0 Å². The van der Waals surface area contributed by atoms with Crippen LogP contribution in [0.4, 0.5) is 5.69 Å². The highest BCUT2D eigenvalue weighted by Crippen LogP contribution is 2.29. The number of benzene rings is 2. The standard InChI is InChI=1S/C18H16N2O4/c1-12-8-9-17(16(10-12)20(21)22)23-11-15-13(2)24-18(19-15)14-6-4-3-5-7-14/h3-10H,11H2,1-2H3. The van der Waals surface area contributed by atoms with E-state index in [0.29, 0.717) is 17.3 Å². The largest absolute Gasteiger partial charge is 0.480 e.